The Kier molecular flexibility index (Phi) is 13.6. The van der Waals surface area contributed by atoms with Gasteiger partial charge in [0.05, 0.1) is 45.1 Å². The Bertz CT molecular complexity index is 5190. The molecule has 12 aromatic carbocycles. The maximum absolute atomic E-state index is 11.1. The van der Waals surface area contributed by atoms with Crippen LogP contribution in [0.15, 0.2) is 243 Å². The average Bonchev–Trinajstić information content (AvgIpc) is 1.57. The minimum atomic E-state index is 0.529. The highest BCUT2D eigenvalue weighted by Gasteiger charge is 2.25. The van der Waals surface area contributed by atoms with Crippen LogP contribution in [0.2, 0.25) is 0 Å². The van der Waals surface area contributed by atoms with E-state index in [1.807, 2.05) is 66.7 Å². The van der Waals surface area contributed by atoms with E-state index in [1.54, 1.807) is 0 Å². The minimum Gasteiger partial charge on any atom is -0.309 e. The molecule has 6 heteroatoms. The molecule has 0 aliphatic heterocycles. The molecular weight excluding hydrogens is 1090 g/mol. The summed E-state index contributed by atoms with van der Waals surface area (Å²) in [5.74, 6) is 1.68. The van der Waals surface area contributed by atoms with E-state index in [9.17, 15) is 5.26 Å². The van der Waals surface area contributed by atoms with Crippen LogP contribution in [0.4, 0.5) is 0 Å². The van der Waals surface area contributed by atoms with E-state index in [4.69, 9.17) is 15.0 Å². The lowest BCUT2D eigenvalue weighted by Crippen LogP contribution is -2.04. The fourth-order valence-electron chi connectivity index (χ4n) is 13.8. The molecule has 0 saturated heterocycles. The summed E-state index contributed by atoms with van der Waals surface area (Å²) in [7, 11) is 0. The van der Waals surface area contributed by atoms with Gasteiger partial charge >= 0.3 is 0 Å². The average molecular weight is 1160 g/mol. The molecule has 0 aliphatic rings. The molecule has 0 N–H and O–H groups in total. The quantitative estimate of drug-likeness (QED) is 0.137. The van der Waals surface area contributed by atoms with Crippen LogP contribution in [-0.2, 0) is 0 Å². The predicted molar refractivity (Wildman–Crippen MR) is 375 cm³/mol. The van der Waals surface area contributed by atoms with Gasteiger partial charge in [0.25, 0.3) is 0 Å². The third-order valence-corrected chi connectivity index (χ3v) is 18.2. The molecule has 0 unspecified atom stereocenters. The van der Waals surface area contributed by atoms with Gasteiger partial charge in [0.2, 0.25) is 0 Å². The van der Waals surface area contributed by atoms with Crippen molar-refractivity contribution in [3.63, 3.8) is 0 Å². The number of nitrogens with zero attached hydrogens (tertiary/aromatic N) is 6. The molecule has 15 rings (SSSR count). The Labute approximate surface area is 525 Å². The highest BCUT2D eigenvalue weighted by Crippen LogP contribution is 2.46. The van der Waals surface area contributed by atoms with Crippen molar-refractivity contribution in [1.29, 1.82) is 5.26 Å². The molecule has 0 spiro atoms. The first-order valence-corrected chi connectivity index (χ1v) is 30.9. The Morgan fingerprint density at radius 2 is 0.578 bits per heavy atom. The zero-order valence-corrected chi connectivity index (χ0v) is 51.8. The SMILES string of the molecule is Cc1ccc(-c2ccc3c(c2)c2cc(-c4ccc(C)cc4C)ccc2n3-c2ccc(C#N)cc2-c2cc(-c3nc(-c4ccccc4)nc(-c4ccccc4)n3)ccc2-n2c3ccc(-c4ccc(C)cc4C)cc3c3cc(-c4ccc(C)cc4C)ccc32)c(C)c1. The van der Waals surface area contributed by atoms with Crippen molar-refractivity contribution < 1.29 is 0 Å². The summed E-state index contributed by atoms with van der Waals surface area (Å²) in [6, 6.07) is 90.3. The number of aryl methyl sites for hydroxylation is 8. The highest BCUT2D eigenvalue weighted by molar-refractivity contribution is 6.14. The monoisotopic (exact) mass is 1160 g/mol. The topological polar surface area (TPSA) is 72.3 Å². The molecule has 430 valence electrons. The minimum absolute atomic E-state index is 0.529. The summed E-state index contributed by atoms with van der Waals surface area (Å²) in [6.45, 7) is 17.4. The number of fused-ring (bicyclic) bond motifs is 6. The lowest BCUT2D eigenvalue weighted by Gasteiger charge is -2.20. The van der Waals surface area contributed by atoms with Gasteiger partial charge in [-0.05, 0) is 207 Å². The van der Waals surface area contributed by atoms with E-state index in [0.29, 0.717) is 23.0 Å². The highest BCUT2D eigenvalue weighted by atomic mass is 15.0. The van der Waals surface area contributed by atoms with E-state index < -0.39 is 0 Å². The lowest BCUT2D eigenvalue weighted by atomic mass is 9.95. The molecule has 90 heavy (non-hydrogen) atoms. The van der Waals surface area contributed by atoms with Crippen LogP contribution in [-0.4, -0.2) is 24.1 Å². The molecule has 3 heterocycles. The molecule has 15 aromatic rings. The van der Waals surface area contributed by atoms with Gasteiger partial charge in [-0.2, -0.15) is 5.26 Å². The van der Waals surface area contributed by atoms with Crippen LogP contribution < -0.4 is 0 Å². The molecule has 0 saturated carbocycles. The zero-order valence-electron chi connectivity index (χ0n) is 51.8. The normalized spacial score (nSPS) is 11.5. The summed E-state index contributed by atoms with van der Waals surface area (Å²) in [5, 5.41) is 15.6. The van der Waals surface area contributed by atoms with Crippen molar-refractivity contribution in [2.75, 3.05) is 0 Å². The zero-order chi connectivity index (χ0) is 61.5. The maximum atomic E-state index is 11.1. The Balaban J connectivity index is 1.04. The van der Waals surface area contributed by atoms with Crippen LogP contribution in [0.5, 0.6) is 0 Å². The van der Waals surface area contributed by atoms with Crippen molar-refractivity contribution in [1.82, 2.24) is 24.1 Å². The summed E-state index contributed by atoms with van der Waals surface area (Å²) >= 11 is 0. The summed E-state index contributed by atoms with van der Waals surface area (Å²) in [6.07, 6.45) is 0. The van der Waals surface area contributed by atoms with E-state index >= 15 is 0 Å². The summed E-state index contributed by atoms with van der Waals surface area (Å²) < 4.78 is 4.85. The van der Waals surface area contributed by atoms with Crippen LogP contribution in [0.3, 0.4) is 0 Å². The Morgan fingerprint density at radius 3 is 0.911 bits per heavy atom. The van der Waals surface area contributed by atoms with E-state index in [2.05, 4.69) is 247 Å². The fourth-order valence-corrected chi connectivity index (χ4v) is 13.8. The van der Waals surface area contributed by atoms with Crippen LogP contribution in [0, 0.1) is 66.7 Å². The summed E-state index contributed by atoms with van der Waals surface area (Å²) in [4.78, 5) is 15.8. The molecule has 3 aromatic heterocycles. The number of rotatable bonds is 10. The van der Waals surface area contributed by atoms with Gasteiger partial charge in [-0.1, -0.05) is 180 Å². The van der Waals surface area contributed by atoms with Gasteiger partial charge in [-0.25, -0.2) is 15.0 Å². The van der Waals surface area contributed by atoms with Gasteiger partial charge in [-0.15, -0.1) is 0 Å². The first-order chi connectivity index (χ1) is 43.8. The second kappa shape index (κ2) is 22.2. The van der Waals surface area contributed by atoms with Crippen molar-refractivity contribution >= 4 is 43.6 Å². The largest absolute Gasteiger partial charge is 0.309 e. The fraction of sp³-hybridized carbons (Fsp3) is 0.0952. The van der Waals surface area contributed by atoms with Crippen LogP contribution >= 0.6 is 0 Å². The number of hydrogen-bond donors (Lipinski definition) is 0. The molecule has 0 aliphatic carbocycles. The summed E-state index contributed by atoms with van der Waals surface area (Å²) in [5.41, 5.74) is 30.2. The predicted octanol–water partition coefficient (Wildman–Crippen LogP) is 21.7. The van der Waals surface area contributed by atoms with Crippen molar-refractivity contribution in [3.8, 4) is 107 Å². The standard InChI is InChI=1S/C84H64N6/c1-50-19-29-66(54(5)39-50)61-24-34-77-71(44-61)72-45-62(67-30-20-51(2)40-55(67)6)25-35-78(72)89(77)76-33-23-58(49-85)43-70(76)75-48-65(84-87-82(59-15-11-9-12-16-59)86-83(88-84)60-17-13-10-14-18-60)28-38-81(75)90-79-36-26-63(68-31-21-52(3)41-56(68)7)46-73(79)74-47-64(27-37-80(74)90)69-32-22-53(4)42-57(69)8/h9-48H,1-8H3. The number of hydrogen-bond acceptors (Lipinski definition) is 4. The molecule has 6 nitrogen and oxygen atoms in total. The molecule has 0 bridgehead atoms. The first kappa shape index (κ1) is 55.3. The Morgan fingerprint density at radius 1 is 0.267 bits per heavy atom. The maximum Gasteiger partial charge on any atom is 0.164 e. The number of nitriles is 1. The van der Waals surface area contributed by atoms with Crippen LogP contribution in [0.1, 0.15) is 50.1 Å². The first-order valence-electron chi connectivity index (χ1n) is 30.9. The third kappa shape index (κ3) is 9.73. The smallest absolute Gasteiger partial charge is 0.164 e. The van der Waals surface area contributed by atoms with Gasteiger partial charge < -0.3 is 9.13 Å². The second-order valence-corrected chi connectivity index (χ2v) is 24.5. The van der Waals surface area contributed by atoms with Gasteiger partial charge in [-0.3, -0.25) is 0 Å². The van der Waals surface area contributed by atoms with E-state index in [0.717, 1.165) is 105 Å². The Hall–Kier alpha value is -11.3. The van der Waals surface area contributed by atoms with Crippen molar-refractivity contribution in [2.24, 2.45) is 0 Å². The van der Waals surface area contributed by atoms with Gasteiger partial charge in [0.15, 0.2) is 17.5 Å². The van der Waals surface area contributed by atoms with Crippen molar-refractivity contribution in [3.05, 3.63) is 293 Å². The lowest BCUT2D eigenvalue weighted by molar-refractivity contribution is 1.07. The van der Waals surface area contributed by atoms with Crippen molar-refractivity contribution in [2.45, 2.75) is 55.4 Å². The van der Waals surface area contributed by atoms with E-state index in [-0.39, 0.29) is 0 Å². The van der Waals surface area contributed by atoms with E-state index in [1.165, 1.54) is 66.8 Å². The molecule has 0 amide bonds. The third-order valence-electron chi connectivity index (χ3n) is 18.2. The van der Waals surface area contributed by atoms with Gasteiger partial charge in [0, 0.05) is 49.4 Å². The number of benzene rings is 12. The number of aromatic nitrogens is 5. The van der Waals surface area contributed by atoms with Crippen LogP contribution in [0.25, 0.3) is 145 Å². The molecule has 0 fully saturated rings. The van der Waals surface area contributed by atoms with Gasteiger partial charge in [0.1, 0.15) is 0 Å². The molecular formula is C84H64N6. The second-order valence-electron chi connectivity index (χ2n) is 24.5. The molecule has 0 atom stereocenters. The molecule has 0 radical (unpaired) electrons.